The van der Waals surface area contributed by atoms with Gasteiger partial charge in [0.05, 0.1) is 10.7 Å². The third-order valence-electron chi connectivity index (χ3n) is 6.49. The van der Waals surface area contributed by atoms with Gasteiger partial charge in [-0.25, -0.2) is 14.1 Å². The number of nitrogens with one attached hydrogen (secondary N) is 1. The van der Waals surface area contributed by atoms with Gasteiger partial charge in [0.15, 0.2) is 6.61 Å². The fourth-order valence-electron chi connectivity index (χ4n) is 4.47. The van der Waals surface area contributed by atoms with Gasteiger partial charge < -0.3 is 15.0 Å². The van der Waals surface area contributed by atoms with Crippen LogP contribution in [0.2, 0.25) is 5.02 Å². The zero-order valence-electron chi connectivity index (χ0n) is 20.4. The van der Waals surface area contributed by atoms with E-state index in [0.717, 1.165) is 30.2 Å². The van der Waals surface area contributed by atoms with E-state index in [1.54, 1.807) is 11.0 Å². The first-order valence-electron chi connectivity index (χ1n) is 12.2. The predicted molar refractivity (Wildman–Crippen MR) is 141 cm³/mol. The van der Waals surface area contributed by atoms with Crippen LogP contribution in [-0.4, -0.2) is 51.2 Å². The van der Waals surface area contributed by atoms with Crippen LogP contribution in [0.5, 0.6) is 5.75 Å². The molecule has 0 unspecified atom stereocenters. The van der Waals surface area contributed by atoms with Crippen LogP contribution >= 0.6 is 11.6 Å². The Morgan fingerprint density at radius 2 is 1.84 bits per heavy atom. The summed E-state index contributed by atoms with van der Waals surface area (Å²) in [4.78, 5) is 31.2. The normalized spacial score (nSPS) is 13.8. The second-order valence-electron chi connectivity index (χ2n) is 8.99. The number of piperidine rings is 1. The summed E-state index contributed by atoms with van der Waals surface area (Å²) in [7, 11) is 0. The summed E-state index contributed by atoms with van der Waals surface area (Å²) >= 11 is 5.66. The Labute approximate surface area is 224 Å². The number of amides is 2. The molecule has 1 saturated heterocycles. The lowest BCUT2D eigenvalue weighted by atomic mass is 9.89. The number of benzene rings is 3. The van der Waals surface area contributed by atoms with Crippen LogP contribution in [0.4, 0.5) is 10.1 Å². The van der Waals surface area contributed by atoms with E-state index >= 15 is 0 Å². The number of rotatable bonds is 7. The highest BCUT2D eigenvalue weighted by atomic mass is 35.5. The minimum atomic E-state index is -0.604. The molecule has 0 radical (unpaired) electrons. The Morgan fingerprint density at radius 1 is 1.05 bits per heavy atom. The summed E-state index contributed by atoms with van der Waals surface area (Å²) in [5, 5.41) is 6.90. The highest BCUT2D eigenvalue weighted by molar-refractivity contribution is 6.30. The molecule has 5 rings (SSSR count). The van der Waals surface area contributed by atoms with Crippen molar-refractivity contribution in [3.05, 3.63) is 101 Å². The Kier molecular flexibility index (Phi) is 7.65. The maximum absolute atomic E-state index is 13.5. The largest absolute Gasteiger partial charge is 0.484 e. The van der Waals surface area contributed by atoms with Crippen LogP contribution in [0.1, 0.15) is 34.7 Å². The summed E-state index contributed by atoms with van der Waals surface area (Å²) in [6.07, 6.45) is 4.76. The minimum Gasteiger partial charge on any atom is -0.484 e. The van der Waals surface area contributed by atoms with Crippen molar-refractivity contribution in [3.8, 4) is 11.4 Å². The van der Waals surface area contributed by atoms with Gasteiger partial charge in [0.25, 0.3) is 11.8 Å². The Bertz CT molecular complexity index is 1420. The summed E-state index contributed by atoms with van der Waals surface area (Å²) in [5.74, 6) is -0.397. The molecule has 0 saturated carbocycles. The van der Waals surface area contributed by atoms with Crippen LogP contribution in [0.25, 0.3) is 5.69 Å². The lowest BCUT2D eigenvalue weighted by Crippen LogP contribution is -2.38. The van der Waals surface area contributed by atoms with Gasteiger partial charge in [0.2, 0.25) is 0 Å². The van der Waals surface area contributed by atoms with Gasteiger partial charge in [-0.15, -0.1) is 0 Å². The quantitative estimate of drug-likeness (QED) is 0.357. The number of carbonyl (C=O) groups is 2. The zero-order valence-corrected chi connectivity index (χ0v) is 21.1. The van der Waals surface area contributed by atoms with Crippen molar-refractivity contribution in [1.29, 1.82) is 0 Å². The number of nitrogens with zero attached hydrogens (tertiary/aromatic N) is 4. The molecule has 1 aromatic heterocycles. The molecular formula is C28H25ClFN5O3. The molecule has 0 spiro atoms. The van der Waals surface area contributed by atoms with E-state index in [2.05, 4.69) is 15.4 Å². The van der Waals surface area contributed by atoms with Crippen LogP contribution < -0.4 is 10.1 Å². The van der Waals surface area contributed by atoms with Crippen LogP contribution in [-0.2, 0) is 4.79 Å². The number of likely N-dealkylation sites (tertiary alicyclic amines) is 1. The van der Waals surface area contributed by atoms with Gasteiger partial charge >= 0.3 is 0 Å². The van der Waals surface area contributed by atoms with Crippen molar-refractivity contribution >= 4 is 29.1 Å². The summed E-state index contributed by atoms with van der Waals surface area (Å²) in [6.45, 7) is 1.08. The monoisotopic (exact) mass is 533 g/mol. The lowest BCUT2D eigenvalue weighted by Gasteiger charge is -2.32. The Balaban J connectivity index is 1.11. The van der Waals surface area contributed by atoms with Crippen LogP contribution in [0, 0.1) is 5.82 Å². The number of hydrogen-bond donors (Lipinski definition) is 1. The van der Waals surface area contributed by atoms with E-state index < -0.39 is 5.82 Å². The number of ether oxygens (including phenoxy) is 1. The number of halogens is 2. The molecule has 1 aliphatic heterocycles. The average Bonchev–Trinajstić information content (AvgIpc) is 3.49. The summed E-state index contributed by atoms with van der Waals surface area (Å²) < 4.78 is 20.5. The second kappa shape index (κ2) is 11.4. The van der Waals surface area contributed by atoms with Crippen molar-refractivity contribution in [3.63, 3.8) is 0 Å². The van der Waals surface area contributed by atoms with E-state index in [9.17, 15) is 14.0 Å². The standard InChI is InChI=1S/C28H25ClFN5O3/c29-25-9-8-24(15-26(25)30)38-16-27(36)33-22-6-4-19(5-7-22)20-10-12-34(13-11-20)28(37)21-2-1-3-23(14-21)35-18-31-17-32-35/h1-9,14-15,17-18,20H,10-13,16H2,(H,33,36). The lowest BCUT2D eigenvalue weighted by molar-refractivity contribution is -0.118. The SMILES string of the molecule is O=C(COc1ccc(Cl)c(F)c1)Nc1ccc(C2CCN(C(=O)c3cccc(-n4cncn4)c3)CC2)cc1. The molecule has 2 amide bonds. The molecular weight excluding hydrogens is 509 g/mol. The average molecular weight is 534 g/mol. The van der Waals surface area contributed by atoms with Crippen molar-refractivity contribution in [1.82, 2.24) is 19.7 Å². The molecule has 1 N–H and O–H groups in total. The predicted octanol–water partition coefficient (Wildman–Crippen LogP) is 5.10. The highest BCUT2D eigenvalue weighted by Gasteiger charge is 2.25. The topological polar surface area (TPSA) is 89.4 Å². The van der Waals surface area contributed by atoms with Gasteiger partial charge in [-0.3, -0.25) is 9.59 Å². The molecule has 194 valence electrons. The molecule has 2 heterocycles. The van der Waals surface area contributed by atoms with E-state index in [1.165, 1.54) is 18.5 Å². The van der Waals surface area contributed by atoms with Crippen molar-refractivity contribution < 1.29 is 18.7 Å². The number of anilines is 1. The molecule has 1 fully saturated rings. The maximum atomic E-state index is 13.5. The van der Waals surface area contributed by atoms with E-state index in [1.807, 2.05) is 53.4 Å². The molecule has 10 heteroatoms. The molecule has 0 bridgehead atoms. The van der Waals surface area contributed by atoms with Gasteiger partial charge in [-0.05, 0) is 66.8 Å². The fraction of sp³-hybridized carbons (Fsp3) is 0.214. The van der Waals surface area contributed by atoms with Crippen molar-refractivity contribution in [2.45, 2.75) is 18.8 Å². The van der Waals surface area contributed by atoms with Gasteiger partial charge in [0, 0.05) is 30.4 Å². The third-order valence-corrected chi connectivity index (χ3v) is 6.79. The van der Waals surface area contributed by atoms with Crippen LogP contribution in [0.15, 0.2) is 79.4 Å². The van der Waals surface area contributed by atoms with Crippen LogP contribution in [0.3, 0.4) is 0 Å². The van der Waals surface area contributed by atoms with Crippen molar-refractivity contribution in [2.75, 3.05) is 25.0 Å². The van der Waals surface area contributed by atoms with Gasteiger partial charge in [-0.2, -0.15) is 5.10 Å². The molecule has 38 heavy (non-hydrogen) atoms. The highest BCUT2D eigenvalue weighted by Crippen LogP contribution is 2.30. The molecule has 8 nitrogen and oxygen atoms in total. The number of carbonyl (C=O) groups excluding carboxylic acids is 2. The first kappa shape index (κ1) is 25.4. The van der Waals surface area contributed by atoms with E-state index in [4.69, 9.17) is 16.3 Å². The molecule has 1 aliphatic rings. The molecule has 0 atom stereocenters. The fourth-order valence-corrected chi connectivity index (χ4v) is 4.59. The zero-order chi connectivity index (χ0) is 26.5. The first-order valence-corrected chi connectivity index (χ1v) is 12.6. The number of hydrogen-bond acceptors (Lipinski definition) is 5. The maximum Gasteiger partial charge on any atom is 0.262 e. The first-order chi connectivity index (χ1) is 18.5. The number of aromatic nitrogens is 3. The molecule has 0 aliphatic carbocycles. The summed E-state index contributed by atoms with van der Waals surface area (Å²) in [5.41, 5.74) is 3.23. The van der Waals surface area contributed by atoms with Gasteiger partial charge in [-0.1, -0.05) is 29.8 Å². The van der Waals surface area contributed by atoms with Crippen molar-refractivity contribution in [2.24, 2.45) is 0 Å². The van der Waals surface area contributed by atoms with Gasteiger partial charge in [0.1, 0.15) is 24.2 Å². The Hall–Kier alpha value is -4.24. The third kappa shape index (κ3) is 6.00. The molecule has 3 aromatic carbocycles. The summed E-state index contributed by atoms with van der Waals surface area (Å²) in [6, 6.07) is 19.1. The van der Waals surface area contributed by atoms with E-state index in [0.29, 0.717) is 30.3 Å². The second-order valence-corrected chi connectivity index (χ2v) is 9.40. The Morgan fingerprint density at radius 3 is 2.55 bits per heavy atom. The van der Waals surface area contributed by atoms with E-state index in [-0.39, 0.29) is 29.2 Å². The minimum absolute atomic E-state index is 0.00618. The smallest absolute Gasteiger partial charge is 0.262 e. The molecule has 4 aromatic rings.